The van der Waals surface area contributed by atoms with Gasteiger partial charge in [-0.3, -0.25) is 9.59 Å². The summed E-state index contributed by atoms with van der Waals surface area (Å²) >= 11 is 0. The summed E-state index contributed by atoms with van der Waals surface area (Å²) in [5.74, 6) is 0.0378. The van der Waals surface area contributed by atoms with Gasteiger partial charge in [-0.25, -0.2) is 0 Å². The van der Waals surface area contributed by atoms with E-state index < -0.39 is 0 Å². The third kappa shape index (κ3) is 3.87. The van der Waals surface area contributed by atoms with E-state index in [2.05, 4.69) is 36.6 Å². The van der Waals surface area contributed by atoms with Crippen LogP contribution in [0.4, 0.5) is 5.69 Å². The molecule has 2 rings (SSSR count). The fraction of sp³-hybridized carbons (Fsp3) is 0.556. The molecule has 0 heterocycles. The van der Waals surface area contributed by atoms with E-state index in [1.165, 1.54) is 5.56 Å². The van der Waals surface area contributed by atoms with Crippen LogP contribution in [-0.2, 0) is 9.59 Å². The Morgan fingerprint density at radius 3 is 2.18 bits per heavy atom. The molecule has 0 aliphatic heterocycles. The van der Waals surface area contributed by atoms with E-state index >= 15 is 0 Å². The highest BCUT2D eigenvalue weighted by Crippen LogP contribution is 2.40. The lowest BCUT2D eigenvalue weighted by Gasteiger charge is -2.13. The number of carbonyl (C=O) groups excluding carboxylic acids is 2. The zero-order valence-corrected chi connectivity index (χ0v) is 14.1. The van der Waals surface area contributed by atoms with Crippen molar-refractivity contribution in [3.63, 3.8) is 0 Å². The Kier molecular flexibility index (Phi) is 4.89. The lowest BCUT2D eigenvalue weighted by atomic mass is 10.0. The Balaban J connectivity index is 1.94. The Morgan fingerprint density at radius 2 is 1.64 bits per heavy atom. The highest BCUT2D eigenvalue weighted by atomic mass is 16.2. The monoisotopic (exact) mass is 302 g/mol. The Hall–Kier alpha value is -1.84. The summed E-state index contributed by atoms with van der Waals surface area (Å²) in [4.78, 5) is 24.3. The van der Waals surface area contributed by atoms with Gasteiger partial charge in [0.25, 0.3) is 0 Å². The van der Waals surface area contributed by atoms with E-state index in [1.54, 1.807) is 0 Å². The predicted octanol–water partition coefficient (Wildman–Crippen LogP) is 2.96. The van der Waals surface area contributed by atoms with Gasteiger partial charge in [0.15, 0.2) is 0 Å². The number of carbonyl (C=O) groups is 2. The maximum absolute atomic E-state index is 12.3. The molecule has 0 spiro atoms. The second-order valence-electron chi connectivity index (χ2n) is 6.85. The fourth-order valence-corrected chi connectivity index (χ4v) is 2.80. The van der Waals surface area contributed by atoms with Gasteiger partial charge in [0.05, 0.1) is 11.8 Å². The van der Waals surface area contributed by atoms with Crippen molar-refractivity contribution < 1.29 is 9.59 Å². The predicted molar refractivity (Wildman–Crippen MR) is 88.7 cm³/mol. The second-order valence-corrected chi connectivity index (χ2v) is 6.85. The highest BCUT2D eigenvalue weighted by Gasteiger charge is 2.48. The van der Waals surface area contributed by atoms with E-state index in [0.29, 0.717) is 18.9 Å². The Bertz CT molecular complexity index is 570. The molecule has 120 valence electrons. The largest absolute Gasteiger partial charge is 0.356 e. The molecule has 2 unspecified atom stereocenters. The molecule has 0 saturated heterocycles. The van der Waals surface area contributed by atoms with Gasteiger partial charge in [-0.15, -0.1) is 0 Å². The first-order valence-electron chi connectivity index (χ1n) is 7.96. The second kappa shape index (κ2) is 6.51. The first-order chi connectivity index (χ1) is 10.3. The van der Waals surface area contributed by atoms with Crippen LogP contribution in [0.2, 0.25) is 0 Å². The van der Waals surface area contributed by atoms with Crippen molar-refractivity contribution in [1.29, 1.82) is 0 Å². The van der Waals surface area contributed by atoms with Gasteiger partial charge in [0.1, 0.15) is 0 Å². The molecule has 2 N–H and O–H groups in total. The highest BCUT2D eigenvalue weighted by molar-refractivity contribution is 6.00. The standard InChI is InChI=1S/C18H26N2O2/c1-10(2)9-19-17(21)14-8-15(14)18(22)20-16-12(4)6-11(3)7-13(16)5/h6-7,10,14-15H,8-9H2,1-5H3,(H,19,21)(H,20,22). The topological polar surface area (TPSA) is 58.2 Å². The Labute approximate surface area is 132 Å². The molecule has 0 bridgehead atoms. The van der Waals surface area contributed by atoms with Gasteiger partial charge < -0.3 is 10.6 Å². The first-order valence-corrected chi connectivity index (χ1v) is 7.96. The summed E-state index contributed by atoms with van der Waals surface area (Å²) in [5.41, 5.74) is 4.19. The minimum absolute atomic E-state index is 0.00574. The van der Waals surface area contributed by atoms with Crippen LogP contribution in [0.25, 0.3) is 0 Å². The van der Waals surface area contributed by atoms with Crippen molar-refractivity contribution in [1.82, 2.24) is 5.32 Å². The van der Waals surface area contributed by atoms with E-state index in [1.807, 2.05) is 20.8 Å². The third-order valence-electron chi connectivity index (χ3n) is 4.07. The minimum atomic E-state index is -0.188. The summed E-state index contributed by atoms with van der Waals surface area (Å²) in [7, 11) is 0. The first kappa shape index (κ1) is 16.5. The molecule has 1 fully saturated rings. The van der Waals surface area contributed by atoms with Gasteiger partial charge >= 0.3 is 0 Å². The molecule has 1 aliphatic rings. The summed E-state index contributed by atoms with van der Waals surface area (Å²) in [5, 5.41) is 5.90. The quantitative estimate of drug-likeness (QED) is 0.878. The number of amides is 2. The van der Waals surface area contributed by atoms with Crippen LogP contribution in [0.5, 0.6) is 0 Å². The van der Waals surface area contributed by atoms with Crippen LogP contribution in [0.15, 0.2) is 12.1 Å². The maximum Gasteiger partial charge on any atom is 0.228 e. The number of aryl methyl sites for hydroxylation is 3. The smallest absolute Gasteiger partial charge is 0.228 e. The van der Waals surface area contributed by atoms with Crippen molar-refractivity contribution in [2.75, 3.05) is 11.9 Å². The fourth-order valence-electron chi connectivity index (χ4n) is 2.80. The average molecular weight is 302 g/mol. The number of hydrogen-bond acceptors (Lipinski definition) is 2. The molecule has 1 aromatic carbocycles. The van der Waals surface area contributed by atoms with E-state index in [-0.39, 0.29) is 23.7 Å². The van der Waals surface area contributed by atoms with E-state index in [4.69, 9.17) is 0 Å². The van der Waals surface area contributed by atoms with Gasteiger partial charge in [-0.1, -0.05) is 31.5 Å². The van der Waals surface area contributed by atoms with Crippen LogP contribution in [0.3, 0.4) is 0 Å². The molecule has 1 aromatic rings. The molecular formula is C18H26N2O2. The van der Waals surface area contributed by atoms with E-state index in [0.717, 1.165) is 16.8 Å². The molecule has 4 heteroatoms. The summed E-state index contributed by atoms with van der Waals surface area (Å²) in [6.45, 7) is 10.8. The van der Waals surface area contributed by atoms with Crippen molar-refractivity contribution >= 4 is 17.5 Å². The van der Waals surface area contributed by atoms with Crippen LogP contribution in [0.1, 0.15) is 37.0 Å². The number of hydrogen-bond donors (Lipinski definition) is 2. The van der Waals surface area contributed by atoms with Crippen LogP contribution in [-0.4, -0.2) is 18.4 Å². The molecule has 2 amide bonds. The number of nitrogens with one attached hydrogen (secondary N) is 2. The van der Waals surface area contributed by atoms with Gasteiger partial charge in [0, 0.05) is 12.2 Å². The van der Waals surface area contributed by atoms with Crippen molar-refractivity contribution in [2.45, 2.75) is 41.0 Å². The summed E-state index contributed by atoms with van der Waals surface area (Å²) in [6, 6.07) is 4.12. The van der Waals surface area contributed by atoms with Gasteiger partial charge in [-0.2, -0.15) is 0 Å². The lowest BCUT2D eigenvalue weighted by molar-refractivity contribution is -0.125. The van der Waals surface area contributed by atoms with Crippen LogP contribution < -0.4 is 10.6 Å². The normalized spacial score (nSPS) is 19.9. The molecule has 1 saturated carbocycles. The Morgan fingerprint density at radius 1 is 1.09 bits per heavy atom. The SMILES string of the molecule is Cc1cc(C)c(NC(=O)C2CC2C(=O)NCC(C)C)c(C)c1. The summed E-state index contributed by atoms with van der Waals surface area (Å²) < 4.78 is 0. The zero-order valence-electron chi connectivity index (χ0n) is 14.1. The molecule has 0 aromatic heterocycles. The number of anilines is 1. The van der Waals surface area contributed by atoms with Gasteiger partial charge in [-0.05, 0) is 44.2 Å². The van der Waals surface area contributed by atoms with Crippen LogP contribution >= 0.6 is 0 Å². The molecule has 0 radical (unpaired) electrons. The lowest BCUT2D eigenvalue weighted by Crippen LogP contribution is -2.30. The van der Waals surface area contributed by atoms with Gasteiger partial charge in [0.2, 0.25) is 11.8 Å². The molecular weight excluding hydrogens is 276 g/mol. The molecule has 22 heavy (non-hydrogen) atoms. The van der Waals surface area contributed by atoms with E-state index in [9.17, 15) is 9.59 Å². The minimum Gasteiger partial charge on any atom is -0.356 e. The number of benzene rings is 1. The average Bonchev–Trinajstić information content (AvgIpc) is 3.20. The van der Waals surface area contributed by atoms with Crippen molar-refractivity contribution in [3.05, 3.63) is 28.8 Å². The third-order valence-corrected chi connectivity index (χ3v) is 4.07. The van der Waals surface area contributed by atoms with Crippen LogP contribution in [0, 0.1) is 38.5 Å². The summed E-state index contributed by atoms with van der Waals surface area (Å²) in [6.07, 6.45) is 0.652. The maximum atomic E-state index is 12.3. The zero-order chi connectivity index (χ0) is 16.4. The molecule has 1 aliphatic carbocycles. The van der Waals surface area contributed by atoms with Crippen molar-refractivity contribution in [3.8, 4) is 0 Å². The van der Waals surface area contributed by atoms with Crippen molar-refractivity contribution in [2.24, 2.45) is 17.8 Å². The molecule has 2 atom stereocenters. The molecule has 4 nitrogen and oxygen atoms in total. The number of rotatable bonds is 5.